The zero-order chi connectivity index (χ0) is 25.8. The summed E-state index contributed by atoms with van der Waals surface area (Å²) in [5.74, 6) is 3.29. The lowest BCUT2D eigenvalue weighted by Gasteiger charge is -2.18. The van der Waals surface area contributed by atoms with Crippen LogP contribution in [0.1, 0.15) is 91.4 Å². The van der Waals surface area contributed by atoms with E-state index in [1.165, 1.54) is 25.0 Å². The molecular weight excluding hydrogens is 487 g/mol. The van der Waals surface area contributed by atoms with Gasteiger partial charge in [-0.15, -0.1) is 4.67 Å². The Labute approximate surface area is 216 Å². The van der Waals surface area contributed by atoms with E-state index in [0.717, 1.165) is 50.0 Å². The van der Waals surface area contributed by atoms with Crippen molar-refractivity contribution in [2.24, 2.45) is 0 Å². The molecule has 0 aliphatic carbocycles. The first-order valence-electron chi connectivity index (χ1n) is 13.0. The minimum Gasteiger partial charge on any atom is -0.490 e. The Kier molecular flexibility index (Phi) is 18.3. The molecular formula is C26H45O7PS. The van der Waals surface area contributed by atoms with Crippen LogP contribution in [-0.2, 0) is 18.7 Å². The summed E-state index contributed by atoms with van der Waals surface area (Å²) in [6.45, 7) is 5.82. The van der Waals surface area contributed by atoms with Crippen LogP contribution in [0, 0.1) is 0 Å². The lowest BCUT2D eigenvalue weighted by Crippen LogP contribution is -2.17. The van der Waals surface area contributed by atoms with Crippen LogP contribution in [0.3, 0.4) is 0 Å². The molecule has 9 heteroatoms. The van der Waals surface area contributed by atoms with E-state index in [4.69, 9.17) is 19.3 Å². The number of hydrogen-bond acceptors (Lipinski definition) is 7. The average molecular weight is 533 g/mol. The maximum Gasteiger partial charge on any atom is 0.464 e. The largest absolute Gasteiger partial charge is 0.490 e. The Balaban J connectivity index is 2.01. The fraction of sp³-hybridized carbons (Fsp3) is 0.731. The van der Waals surface area contributed by atoms with E-state index in [1.807, 2.05) is 42.1 Å². The molecule has 0 heterocycles. The first-order valence-corrected chi connectivity index (χ1v) is 15.7. The van der Waals surface area contributed by atoms with E-state index < -0.39 is 13.3 Å². The van der Waals surface area contributed by atoms with Crippen molar-refractivity contribution in [2.45, 2.75) is 104 Å². The summed E-state index contributed by atoms with van der Waals surface area (Å²) in [4.78, 5) is 16.1. The predicted molar refractivity (Wildman–Crippen MR) is 144 cm³/mol. The van der Waals surface area contributed by atoms with Crippen molar-refractivity contribution in [1.29, 1.82) is 0 Å². The Bertz CT molecular complexity index is 704. The molecule has 0 aliphatic rings. The molecule has 0 aromatic heterocycles. The number of unbranched alkanes of at least 4 members (excludes halogenated alkanes) is 5. The van der Waals surface area contributed by atoms with Crippen molar-refractivity contribution < 1.29 is 33.3 Å². The van der Waals surface area contributed by atoms with Gasteiger partial charge >= 0.3 is 13.3 Å². The Morgan fingerprint density at radius 1 is 0.943 bits per heavy atom. The highest BCUT2D eigenvalue weighted by molar-refractivity contribution is 7.99. The highest BCUT2D eigenvalue weighted by Crippen LogP contribution is 2.49. The summed E-state index contributed by atoms with van der Waals surface area (Å²) < 4.78 is 27.7. The molecule has 0 spiro atoms. The summed E-state index contributed by atoms with van der Waals surface area (Å²) in [5, 5.41) is 9.04. The van der Waals surface area contributed by atoms with Crippen LogP contribution < -0.4 is 4.74 Å². The van der Waals surface area contributed by atoms with Crippen LogP contribution in [0.25, 0.3) is 0 Å². The number of benzene rings is 1. The summed E-state index contributed by atoms with van der Waals surface area (Å²) in [5.41, 5.74) is -1.63. The molecule has 1 N–H and O–H groups in total. The quantitative estimate of drug-likeness (QED) is 0.0647. The molecule has 0 fully saturated rings. The summed E-state index contributed by atoms with van der Waals surface area (Å²) in [6.07, 6.45) is 11.4. The third-order valence-electron chi connectivity index (χ3n) is 5.40. The smallest absolute Gasteiger partial charge is 0.464 e. The molecule has 1 rings (SSSR count). The van der Waals surface area contributed by atoms with E-state index in [-0.39, 0.29) is 12.7 Å². The SMILES string of the molecule is CCCOP(=O)(OOC(C)CCCCCCCCSCCC(CCC)Oc1ccccc1)C(=O)O. The van der Waals surface area contributed by atoms with Crippen molar-refractivity contribution in [3.63, 3.8) is 0 Å². The van der Waals surface area contributed by atoms with Gasteiger partial charge in [0.15, 0.2) is 0 Å². The van der Waals surface area contributed by atoms with E-state index >= 15 is 0 Å². The highest BCUT2D eigenvalue weighted by atomic mass is 32.2. The third-order valence-corrected chi connectivity index (χ3v) is 7.77. The van der Waals surface area contributed by atoms with Crippen LogP contribution in [-0.4, -0.2) is 41.1 Å². The van der Waals surface area contributed by atoms with Crippen LogP contribution in [0.4, 0.5) is 4.79 Å². The fourth-order valence-corrected chi connectivity index (χ4v) is 5.38. The zero-order valence-electron chi connectivity index (χ0n) is 21.7. The number of rotatable bonds is 23. The Morgan fingerprint density at radius 3 is 2.29 bits per heavy atom. The second-order valence-electron chi connectivity index (χ2n) is 8.75. The lowest BCUT2D eigenvalue weighted by molar-refractivity contribution is -0.247. The van der Waals surface area contributed by atoms with Crippen LogP contribution in [0.15, 0.2) is 30.3 Å². The van der Waals surface area contributed by atoms with Gasteiger partial charge in [-0.2, -0.15) is 11.8 Å². The van der Waals surface area contributed by atoms with Gasteiger partial charge < -0.3 is 9.84 Å². The van der Waals surface area contributed by atoms with Gasteiger partial charge in [0, 0.05) is 0 Å². The molecule has 3 unspecified atom stereocenters. The average Bonchev–Trinajstić information content (AvgIpc) is 2.85. The Morgan fingerprint density at radius 2 is 1.63 bits per heavy atom. The van der Waals surface area contributed by atoms with Gasteiger partial charge in [-0.3, -0.25) is 4.52 Å². The number of ether oxygens (including phenoxy) is 1. The molecule has 202 valence electrons. The molecule has 0 amide bonds. The van der Waals surface area contributed by atoms with E-state index in [0.29, 0.717) is 18.9 Å². The van der Waals surface area contributed by atoms with E-state index in [9.17, 15) is 9.36 Å². The van der Waals surface area contributed by atoms with Crippen molar-refractivity contribution in [1.82, 2.24) is 0 Å². The summed E-state index contributed by atoms with van der Waals surface area (Å²) in [6, 6.07) is 10.1. The van der Waals surface area contributed by atoms with Crippen LogP contribution in [0.2, 0.25) is 0 Å². The van der Waals surface area contributed by atoms with Crippen molar-refractivity contribution in [3.8, 4) is 5.75 Å². The minimum absolute atomic E-state index is 0.0435. The number of thioether (sulfide) groups is 1. The van der Waals surface area contributed by atoms with Gasteiger partial charge in [0.2, 0.25) is 0 Å². The molecule has 3 atom stereocenters. The van der Waals surface area contributed by atoms with Gasteiger partial charge in [-0.1, -0.05) is 70.6 Å². The highest BCUT2D eigenvalue weighted by Gasteiger charge is 2.37. The van der Waals surface area contributed by atoms with Gasteiger partial charge in [-0.25, -0.2) is 14.2 Å². The fourth-order valence-electron chi connectivity index (χ4n) is 3.43. The second kappa shape index (κ2) is 20.1. The Hall–Kier alpha value is -1.05. The standard InChI is InChI=1S/C26H45O7PS/c1-4-15-24(31-25-17-12-10-13-18-25)19-22-35-21-14-9-7-6-8-11-16-23(3)32-33-34(29,26(27)28)30-20-5-2/h10,12-13,17-18,23-24H,4-9,11,14-16,19-22H2,1-3H3,(H,27,28). The lowest BCUT2D eigenvalue weighted by atomic mass is 10.1. The molecule has 0 saturated carbocycles. The molecule has 0 bridgehead atoms. The van der Waals surface area contributed by atoms with Gasteiger partial charge in [0.05, 0.1) is 18.8 Å². The predicted octanol–water partition coefficient (Wildman–Crippen LogP) is 8.72. The summed E-state index contributed by atoms with van der Waals surface area (Å²) in [7, 11) is -4.27. The summed E-state index contributed by atoms with van der Waals surface area (Å²) >= 11 is 2.02. The normalized spacial score (nSPS) is 14.8. The topological polar surface area (TPSA) is 91.3 Å². The van der Waals surface area contributed by atoms with Gasteiger partial charge in [-0.05, 0) is 62.7 Å². The molecule has 35 heavy (non-hydrogen) atoms. The van der Waals surface area contributed by atoms with Gasteiger partial charge in [0.1, 0.15) is 5.75 Å². The molecule has 7 nitrogen and oxygen atoms in total. The van der Waals surface area contributed by atoms with E-state index in [1.54, 1.807) is 13.8 Å². The van der Waals surface area contributed by atoms with Crippen molar-refractivity contribution in [3.05, 3.63) is 30.3 Å². The molecule has 0 aliphatic heterocycles. The van der Waals surface area contributed by atoms with Crippen LogP contribution in [0.5, 0.6) is 5.75 Å². The monoisotopic (exact) mass is 532 g/mol. The number of hydrogen-bond donors (Lipinski definition) is 1. The van der Waals surface area contributed by atoms with Crippen molar-refractivity contribution in [2.75, 3.05) is 18.1 Å². The molecule has 0 saturated heterocycles. The molecule has 1 aromatic rings. The maximum atomic E-state index is 12.1. The van der Waals surface area contributed by atoms with Gasteiger partial charge in [0.25, 0.3) is 0 Å². The van der Waals surface area contributed by atoms with Crippen molar-refractivity contribution >= 4 is 25.1 Å². The van der Waals surface area contributed by atoms with Crippen LogP contribution >= 0.6 is 19.4 Å². The first kappa shape index (κ1) is 32.0. The third kappa shape index (κ3) is 15.6. The minimum atomic E-state index is -4.27. The zero-order valence-corrected chi connectivity index (χ0v) is 23.4. The molecule has 0 radical (unpaired) electrons. The first-order chi connectivity index (χ1) is 16.9. The number of para-hydroxylation sites is 1. The number of carboxylic acid groups (broad SMARTS) is 1. The van der Waals surface area contributed by atoms with E-state index in [2.05, 4.69) is 11.6 Å². The number of carbonyl (C=O) groups is 1. The maximum absolute atomic E-state index is 12.1. The molecule has 1 aromatic carbocycles. The second-order valence-corrected chi connectivity index (χ2v) is 11.8.